The second-order valence-corrected chi connectivity index (χ2v) is 3.47. The molecule has 14 heavy (non-hydrogen) atoms. The summed E-state index contributed by atoms with van der Waals surface area (Å²) in [6, 6.07) is 10.1. The van der Waals surface area contributed by atoms with E-state index in [2.05, 4.69) is 5.73 Å². The number of carbonyl (C=O) groups excluding carboxylic acids is 1. The summed E-state index contributed by atoms with van der Waals surface area (Å²) in [5.41, 5.74) is 5.11. The maximum absolute atomic E-state index is 10.2. The molecule has 0 heterocycles. The largest absolute Gasteiger partial charge is 0.550 e. The number of carboxylic acid groups (broad SMARTS) is 1. The minimum atomic E-state index is -0.994. The summed E-state index contributed by atoms with van der Waals surface area (Å²) in [5, 5.41) is 10.2. The van der Waals surface area contributed by atoms with Crippen LogP contribution >= 0.6 is 0 Å². The second-order valence-electron chi connectivity index (χ2n) is 3.47. The average Bonchev–Trinajstić information content (AvgIpc) is 2.16. The van der Waals surface area contributed by atoms with Gasteiger partial charge in [-0.3, -0.25) is 0 Å². The number of aliphatic carboxylic acids is 1. The summed E-state index contributed by atoms with van der Waals surface area (Å²) in [7, 11) is 0. The molecule has 1 rings (SSSR count). The van der Waals surface area contributed by atoms with Crippen molar-refractivity contribution in [1.82, 2.24) is 0 Å². The first-order valence-electron chi connectivity index (χ1n) is 4.75. The predicted octanol–water partition coefficient (Wildman–Crippen LogP) is -0.630. The molecule has 3 nitrogen and oxygen atoms in total. The topological polar surface area (TPSA) is 67.8 Å². The molecule has 0 aliphatic rings. The molecule has 0 fully saturated rings. The fraction of sp³-hybridized carbons (Fsp3) is 0.364. The molecular formula is C11H15NO2. The molecule has 0 saturated heterocycles. The van der Waals surface area contributed by atoms with E-state index in [-0.39, 0.29) is 12.5 Å². The van der Waals surface area contributed by atoms with Gasteiger partial charge in [0.1, 0.15) is 0 Å². The number of quaternary nitrogens is 1. The number of rotatable bonds is 5. The van der Waals surface area contributed by atoms with Crippen molar-refractivity contribution in [1.29, 1.82) is 0 Å². The van der Waals surface area contributed by atoms with Gasteiger partial charge in [0.05, 0.1) is 6.04 Å². The highest BCUT2D eigenvalue weighted by molar-refractivity contribution is 5.64. The van der Waals surface area contributed by atoms with Crippen LogP contribution in [0.4, 0.5) is 0 Å². The highest BCUT2D eigenvalue weighted by Gasteiger charge is 2.06. The van der Waals surface area contributed by atoms with Crippen molar-refractivity contribution in [3.05, 3.63) is 35.9 Å². The zero-order valence-corrected chi connectivity index (χ0v) is 8.11. The molecule has 0 aliphatic carbocycles. The molecule has 1 aromatic rings. The Kier molecular flexibility index (Phi) is 4.13. The molecule has 3 heteroatoms. The maximum Gasteiger partial charge on any atom is 0.0888 e. The van der Waals surface area contributed by atoms with Crippen LogP contribution in [0, 0.1) is 0 Å². The molecule has 3 N–H and O–H groups in total. The lowest BCUT2D eigenvalue weighted by Gasteiger charge is -2.08. The quantitative estimate of drug-likeness (QED) is 0.676. The van der Waals surface area contributed by atoms with E-state index in [1.807, 2.05) is 30.3 Å². The van der Waals surface area contributed by atoms with Crippen molar-refractivity contribution in [3.8, 4) is 0 Å². The SMILES string of the molecule is [NH3+][C@H](CCC(=O)[O-])Cc1ccccc1. The molecular weight excluding hydrogens is 178 g/mol. The van der Waals surface area contributed by atoms with Gasteiger partial charge in [-0.2, -0.15) is 0 Å². The molecule has 0 radical (unpaired) electrons. The summed E-state index contributed by atoms with van der Waals surface area (Å²) < 4.78 is 0. The highest BCUT2D eigenvalue weighted by atomic mass is 16.4. The number of carboxylic acids is 1. The van der Waals surface area contributed by atoms with Gasteiger partial charge in [-0.15, -0.1) is 0 Å². The lowest BCUT2D eigenvalue weighted by atomic mass is 10.0. The van der Waals surface area contributed by atoms with Gasteiger partial charge >= 0.3 is 0 Å². The van der Waals surface area contributed by atoms with E-state index in [1.165, 1.54) is 5.56 Å². The minimum Gasteiger partial charge on any atom is -0.550 e. The highest BCUT2D eigenvalue weighted by Crippen LogP contribution is 2.03. The molecule has 0 unspecified atom stereocenters. The maximum atomic E-state index is 10.2. The van der Waals surface area contributed by atoms with Crippen molar-refractivity contribution in [3.63, 3.8) is 0 Å². The monoisotopic (exact) mass is 193 g/mol. The molecule has 0 aromatic heterocycles. The Morgan fingerprint density at radius 2 is 2.00 bits per heavy atom. The zero-order valence-electron chi connectivity index (χ0n) is 8.11. The zero-order chi connectivity index (χ0) is 10.4. The first-order valence-corrected chi connectivity index (χ1v) is 4.75. The number of carbonyl (C=O) groups is 1. The first-order chi connectivity index (χ1) is 6.68. The van der Waals surface area contributed by atoms with Gasteiger partial charge in [0, 0.05) is 18.8 Å². The third-order valence-corrected chi connectivity index (χ3v) is 2.12. The van der Waals surface area contributed by atoms with Crippen LogP contribution < -0.4 is 10.8 Å². The van der Waals surface area contributed by atoms with Crippen molar-refractivity contribution in [2.45, 2.75) is 25.3 Å². The molecule has 0 spiro atoms. The Bertz CT molecular complexity index is 285. The van der Waals surface area contributed by atoms with Crippen LogP contribution in [0.1, 0.15) is 18.4 Å². The van der Waals surface area contributed by atoms with Crippen LogP contribution in [-0.4, -0.2) is 12.0 Å². The van der Waals surface area contributed by atoms with Crippen LogP contribution in [0.3, 0.4) is 0 Å². The van der Waals surface area contributed by atoms with Gasteiger partial charge in [-0.1, -0.05) is 30.3 Å². The smallest absolute Gasteiger partial charge is 0.0888 e. The van der Waals surface area contributed by atoms with Crippen LogP contribution in [-0.2, 0) is 11.2 Å². The van der Waals surface area contributed by atoms with Crippen LogP contribution in [0.25, 0.3) is 0 Å². The fourth-order valence-corrected chi connectivity index (χ4v) is 1.37. The Labute approximate surface area is 83.6 Å². The van der Waals surface area contributed by atoms with Crippen LogP contribution in [0.2, 0.25) is 0 Å². The van der Waals surface area contributed by atoms with E-state index in [1.54, 1.807) is 0 Å². The number of hydrogen-bond donors (Lipinski definition) is 1. The van der Waals surface area contributed by atoms with E-state index in [0.717, 1.165) is 6.42 Å². The van der Waals surface area contributed by atoms with Crippen molar-refractivity contribution < 1.29 is 15.6 Å². The molecule has 1 atom stereocenters. The number of benzene rings is 1. The lowest BCUT2D eigenvalue weighted by molar-refractivity contribution is -0.421. The van der Waals surface area contributed by atoms with E-state index >= 15 is 0 Å². The minimum absolute atomic E-state index is 0.0982. The summed E-state index contributed by atoms with van der Waals surface area (Å²) in [6.07, 6.45) is 1.51. The molecule has 0 amide bonds. The van der Waals surface area contributed by atoms with Crippen LogP contribution in [0.15, 0.2) is 30.3 Å². The van der Waals surface area contributed by atoms with E-state index in [4.69, 9.17) is 0 Å². The van der Waals surface area contributed by atoms with Crippen LogP contribution in [0.5, 0.6) is 0 Å². The Balaban J connectivity index is 2.34. The fourth-order valence-electron chi connectivity index (χ4n) is 1.37. The van der Waals surface area contributed by atoms with Crippen molar-refractivity contribution in [2.24, 2.45) is 0 Å². The summed E-state index contributed by atoms with van der Waals surface area (Å²) in [5.74, 6) is -0.994. The van der Waals surface area contributed by atoms with Crippen molar-refractivity contribution in [2.75, 3.05) is 0 Å². The molecule has 0 saturated carbocycles. The third kappa shape index (κ3) is 4.05. The van der Waals surface area contributed by atoms with Gasteiger partial charge < -0.3 is 15.6 Å². The van der Waals surface area contributed by atoms with E-state index < -0.39 is 5.97 Å². The summed E-state index contributed by atoms with van der Waals surface area (Å²) >= 11 is 0. The second kappa shape index (κ2) is 5.40. The number of hydrogen-bond acceptors (Lipinski definition) is 2. The normalized spacial score (nSPS) is 12.4. The first kappa shape index (κ1) is 10.7. The van der Waals surface area contributed by atoms with E-state index in [0.29, 0.717) is 6.42 Å². The Hall–Kier alpha value is -1.35. The predicted molar refractivity (Wildman–Crippen MR) is 51.1 cm³/mol. The average molecular weight is 193 g/mol. The van der Waals surface area contributed by atoms with Crippen molar-refractivity contribution >= 4 is 5.97 Å². The molecule has 1 aromatic carbocycles. The summed E-state index contributed by atoms with van der Waals surface area (Å²) in [6.45, 7) is 0. The lowest BCUT2D eigenvalue weighted by Crippen LogP contribution is -2.62. The van der Waals surface area contributed by atoms with Gasteiger partial charge in [0.2, 0.25) is 0 Å². The van der Waals surface area contributed by atoms with E-state index in [9.17, 15) is 9.90 Å². The summed E-state index contributed by atoms with van der Waals surface area (Å²) in [4.78, 5) is 10.2. The Morgan fingerprint density at radius 1 is 1.36 bits per heavy atom. The molecule has 0 bridgehead atoms. The third-order valence-electron chi connectivity index (χ3n) is 2.12. The van der Waals surface area contributed by atoms with Gasteiger partial charge in [0.15, 0.2) is 0 Å². The molecule has 76 valence electrons. The van der Waals surface area contributed by atoms with Gasteiger partial charge in [-0.05, 0) is 12.0 Å². The van der Waals surface area contributed by atoms with Gasteiger partial charge in [-0.25, -0.2) is 0 Å². The standard InChI is InChI=1S/C11H15NO2/c12-10(6-7-11(13)14)8-9-4-2-1-3-5-9/h1-5,10H,6-8,12H2,(H,13,14)/t10-/m1/s1. The molecule has 0 aliphatic heterocycles. The Morgan fingerprint density at radius 3 is 2.57 bits per heavy atom. The van der Waals surface area contributed by atoms with Gasteiger partial charge in [0.25, 0.3) is 0 Å².